The number of carbonyl (C=O) groups excluding carboxylic acids is 3. The maximum absolute atomic E-state index is 15.2. The minimum atomic E-state index is -0.717. The number of nitrogens with one attached hydrogen (secondary N) is 3. The van der Waals surface area contributed by atoms with E-state index < -0.39 is 29.3 Å². The van der Waals surface area contributed by atoms with Gasteiger partial charge in [0.15, 0.2) is 5.82 Å². The van der Waals surface area contributed by atoms with Crippen molar-refractivity contribution in [1.29, 1.82) is 0 Å². The van der Waals surface area contributed by atoms with Gasteiger partial charge in [0, 0.05) is 81.8 Å². The summed E-state index contributed by atoms with van der Waals surface area (Å²) in [5, 5.41) is 5.33. The Morgan fingerprint density at radius 3 is 2.28 bits per heavy atom. The van der Waals surface area contributed by atoms with Gasteiger partial charge < -0.3 is 20.1 Å². The van der Waals surface area contributed by atoms with Crippen molar-refractivity contribution in [2.45, 2.75) is 38.8 Å². The number of aryl methyl sites for hydroxylation is 1. The fourth-order valence-electron chi connectivity index (χ4n) is 6.75. The van der Waals surface area contributed by atoms with Gasteiger partial charge in [0.05, 0.1) is 11.2 Å². The van der Waals surface area contributed by atoms with Crippen molar-refractivity contribution in [3.63, 3.8) is 0 Å². The number of anilines is 3. The lowest BCUT2D eigenvalue weighted by atomic mass is 10.0. The number of aromatic nitrogens is 3. The summed E-state index contributed by atoms with van der Waals surface area (Å²) in [4.78, 5) is 67.0. The molecule has 3 fully saturated rings. The molecular weight excluding hydrogens is 648 g/mol. The topological polar surface area (TPSA) is 147 Å². The predicted octanol–water partition coefficient (Wildman–Crippen LogP) is 3.07. The first-order valence-corrected chi connectivity index (χ1v) is 16.7. The van der Waals surface area contributed by atoms with Crippen LogP contribution >= 0.6 is 0 Å². The standard InChI is InChI=1S/C35H37F2N9O4/c1-21-33(48)42-31-26(38-21)7-2-22(30(31)36)20-43-16-18-45(19-17-43)28-9-8-27(40-32(28)37)34(49)39-23-10-13-44(14-11-23)24-3-5-25(6-4-24)46-15-12-29(47)41-35(46)50/h2-9,23H,10-20H2,1H3,(H,39,49)(H,42,48)(H,41,47,50). The average molecular weight is 686 g/mol. The lowest BCUT2D eigenvalue weighted by Crippen LogP contribution is -2.49. The quantitative estimate of drug-likeness (QED) is 0.250. The molecule has 2 aromatic carbocycles. The van der Waals surface area contributed by atoms with Crippen molar-refractivity contribution in [2.24, 2.45) is 0 Å². The summed E-state index contributed by atoms with van der Waals surface area (Å²) in [6, 6.07) is 13.6. The van der Waals surface area contributed by atoms with Crippen LogP contribution in [0, 0.1) is 18.7 Å². The number of aromatic amines is 1. The Balaban J connectivity index is 0.890. The molecular formula is C35H37F2N9O4. The zero-order chi connectivity index (χ0) is 34.9. The smallest absolute Gasteiger partial charge is 0.328 e. The summed E-state index contributed by atoms with van der Waals surface area (Å²) in [6.45, 7) is 5.77. The summed E-state index contributed by atoms with van der Waals surface area (Å²) in [6.07, 6.45) is 1.67. The van der Waals surface area contributed by atoms with E-state index >= 15 is 8.78 Å². The van der Waals surface area contributed by atoms with E-state index in [1.807, 2.05) is 29.2 Å². The molecule has 13 nitrogen and oxygen atoms in total. The maximum atomic E-state index is 15.2. The van der Waals surface area contributed by atoms with Crippen molar-refractivity contribution in [2.75, 3.05) is 60.5 Å². The van der Waals surface area contributed by atoms with Crippen LogP contribution in [0.3, 0.4) is 0 Å². The molecule has 0 atom stereocenters. The highest BCUT2D eigenvalue weighted by Crippen LogP contribution is 2.26. The number of pyridine rings is 1. The van der Waals surface area contributed by atoms with Crippen LogP contribution in [0.4, 0.5) is 30.6 Å². The number of amides is 4. The first kappa shape index (κ1) is 33.1. The lowest BCUT2D eigenvalue weighted by molar-refractivity contribution is -0.120. The van der Waals surface area contributed by atoms with Gasteiger partial charge >= 0.3 is 6.03 Å². The van der Waals surface area contributed by atoms with Crippen LogP contribution in [0.1, 0.15) is 41.0 Å². The molecule has 0 radical (unpaired) electrons. The Hall–Kier alpha value is -5.44. The molecule has 3 saturated heterocycles. The molecule has 2 aromatic heterocycles. The number of carbonyl (C=O) groups is 3. The third kappa shape index (κ3) is 6.85. The van der Waals surface area contributed by atoms with Gasteiger partial charge in [0.1, 0.15) is 16.9 Å². The molecule has 4 amide bonds. The molecule has 15 heteroatoms. The summed E-state index contributed by atoms with van der Waals surface area (Å²) in [5.74, 6) is -1.91. The van der Waals surface area contributed by atoms with Crippen LogP contribution in [0.2, 0.25) is 0 Å². The van der Waals surface area contributed by atoms with E-state index in [2.05, 4.69) is 35.4 Å². The third-order valence-electron chi connectivity index (χ3n) is 9.63. The number of hydrogen-bond donors (Lipinski definition) is 3. The zero-order valence-electron chi connectivity index (χ0n) is 27.5. The molecule has 5 heterocycles. The van der Waals surface area contributed by atoms with Crippen molar-refractivity contribution >= 4 is 45.9 Å². The highest BCUT2D eigenvalue weighted by Gasteiger charge is 2.27. The molecule has 0 bridgehead atoms. The second kappa shape index (κ2) is 13.8. The molecule has 0 unspecified atom stereocenters. The number of piperidine rings is 1. The number of halogens is 2. The van der Waals surface area contributed by atoms with Crippen molar-refractivity contribution in [3.8, 4) is 0 Å². The van der Waals surface area contributed by atoms with Gasteiger partial charge in [0.2, 0.25) is 11.9 Å². The van der Waals surface area contributed by atoms with Gasteiger partial charge in [-0.1, -0.05) is 6.07 Å². The van der Waals surface area contributed by atoms with E-state index in [4.69, 9.17) is 0 Å². The minimum Gasteiger partial charge on any atom is -0.371 e. The molecule has 0 aliphatic carbocycles. The van der Waals surface area contributed by atoms with Gasteiger partial charge in [-0.25, -0.2) is 19.2 Å². The number of fused-ring (bicyclic) bond motifs is 1. The van der Waals surface area contributed by atoms with Crippen LogP contribution in [-0.2, 0) is 11.3 Å². The number of H-pyrrole nitrogens is 1. The molecule has 4 aromatic rings. The summed E-state index contributed by atoms with van der Waals surface area (Å²) < 4.78 is 30.4. The Bertz CT molecular complexity index is 2010. The largest absolute Gasteiger partial charge is 0.371 e. The normalized spacial score (nSPS) is 17.7. The van der Waals surface area contributed by atoms with Gasteiger partial charge in [-0.15, -0.1) is 0 Å². The maximum Gasteiger partial charge on any atom is 0.328 e. The van der Waals surface area contributed by atoms with Gasteiger partial charge in [-0.3, -0.25) is 29.5 Å². The Morgan fingerprint density at radius 1 is 0.860 bits per heavy atom. The van der Waals surface area contributed by atoms with E-state index in [0.29, 0.717) is 82.0 Å². The average Bonchev–Trinajstić information content (AvgIpc) is 3.11. The monoisotopic (exact) mass is 685 g/mol. The Kier molecular flexibility index (Phi) is 9.14. The van der Waals surface area contributed by atoms with Crippen LogP contribution in [0.15, 0.2) is 53.3 Å². The van der Waals surface area contributed by atoms with Crippen LogP contribution < -0.4 is 30.9 Å². The number of urea groups is 1. The highest BCUT2D eigenvalue weighted by molar-refractivity contribution is 6.05. The number of imide groups is 1. The van der Waals surface area contributed by atoms with E-state index in [9.17, 15) is 19.2 Å². The van der Waals surface area contributed by atoms with Gasteiger partial charge in [-0.05, 0) is 62.2 Å². The van der Waals surface area contributed by atoms with Crippen molar-refractivity contribution in [1.82, 2.24) is 30.5 Å². The molecule has 3 aliphatic rings. The van der Waals surface area contributed by atoms with Crippen molar-refractivity contribution in [3.05, 3.63) is 87.6 Å². The molecule has 3 aliphatic heterocycles. The number of benzene rings is 2. The highest BCUT2D eigenvalue weighted by atomic mass is 19.1. The van der Waals surface area contributed by atoms with Crippen molar-refractivity contribution < 1.29 is 23.2 Å². The zero-order valence-corrected chi connectivity index (χ0v) is 27.5. The molecule has 7 rings (SSSR count). The van der Waals surface area contributed by atoms with Gasteiger partial charge in [-0.2, -0.15) is 4.39 Å². The van der Waals surface area contributed by atoms with Crippen LogP contribution in [-0.4, -0.2) is 89.6 Å². The molecule has 3 N–H and O–H groups in total. The number of hydrogen-bond acceptors (Lipinski definition) is 9. The predicted molar refractivity (Wildman–Crippen MR) is 183 cm³/mol. The second-order valence-corrected chi connectivity index (χ2v) is 12.9. The second-order valence-electron chi connectivity index (χ2n) is 12.9. The van der Waals surface area contributed by atoms with Crippen LogP contribution in [0.25, 0.3) is 11.0 Å². The lowest BCUT2D eigenvalue weighted by Gasteiger charge is -2.36. The summed E-state index contributed by atoms with van der Waals surface area (Å²) in [7, 11) is 0. The first-order chi connectivity index (χ1) is 24.1. The molecule has 0 spiro atoms. The first-order valence-electron chi connectivity index (χ1n) is 16.7. The van der Waals surface area contributed by atoms with E-state index in [1.165, 1.54) is 6.07 Å². The van der Waals surface area contributed by atoms with E-state index in [1.54, 1.807) is 30.0 Å². The van der Waals surface area contributed by atoms with Crippen LogP contribution in [0.5, 0.6) is 0 Å². The number of rotatable bonds is 7. The van der Waals surface area contributed by atoms with Gasteiger partial charge in [0.25, 0.3) is 11.5 Å². The minimum absolute atomic E-state index is 0.0147. The fraction of sp³-hybridized carbons (Fsp3) is 0.371. The fourth-order valence-corrected chi connectivity index (χ4v) is 6.75. The third-order valence-corrected chi connectivity index (χ3v) is 9.63. The number of piperazine rings is 1. The molecule has 0 saturated carbocycles. The Morgan fingerprint density at radius 2 is 1.58 bits per heavy atom. The van der Waals surface area contributed by atoms with E-state index in [-0.39, 0.29) is 35.3 Å². The Labute approximate surface area is 286 Å². The SMILES string of the molecule is Cc1nc2ccc(CN3CCN(c4ccc(C(=O)NC5CCN(c6ccc(N7CCC(=O)NC7=O)cc6)CC5)nc4F)CC3)c(F)c2[nH]c1=O. The molecule has 50 heavy (non-hydrogen) atoms. The number of nitrogens with zero attached hydrogens (tertiary/aromatic N) is 6. The molecule has 260 valence electrons. The van der Waals surface area contributed by atoms with E-state index in [0.717, 1.165) is 11.4 Å². The summed E-state index contributed by atoms with van der Waals surface area (Å²) in [5.41, 5.74) is 2.83. The summed E-state index contributed by atoms with van der Waals surface area (Å²) >= 11 is 0.